The van der Waals surface area contributed by atoms with Crippen molar-refractivity contribution in [1.82, 2.24) is 4.57 Å². The van der Waals surface area contributed by atoms with E-state index in [1.165, 1.54) is 10.6 Å². The predicted molar refractivity (Wildman–Crippen MR) is 103 cm³/mol. The second-order valence-electron chi connectivity index (χ2n) is 7.08. The molecule has 0 N–H and O–H groups in total. The maximum absolute atomic E-state index is 13.6. The Labute approximate surface area is 165 Å². The first kappa shape index (κ1) is 19.0. The predicted octanol–water partition coefficient (Wildman–Crippen LogP) is 5.33. The first-order chi connectivity index (χ1) is 13.9. The van der Waals surface area contributed by atoms with E-state index in [9.17, 15) is 23.2 Å². The third-order valence-corrected chi connectivity index (χ3v) is 5.38. The zero-order valence-electron chi connectivity index (χ0n) is 15.4. The molecule has 0 saturated carbocycles. The van der Waals surface area contributed by atoms with Crippen molar-refractivity contribution in [2.75, 3.05) is 0 Å². The van der Waals surface area contributed by atoms with Crippen LogP contribution in [0.1, 0.15) is 41.1 Å². The van der Waals surface area contributed by atoms with Gasteiger partial charge >= 0.3 is 6.18 Å². The Kier molecular flexibility index (Phi) is 4.75. The van der Waals surface area contributed by atoms with Crippen LogP contribution < -0.4 is 5.56 Å². The molecule has 2 aromatic carbocycles. The molecule has 3 nitrogen and oxygen atoms in total. The van der Waals surface area contributed by atoms with Crippen molar-refractivity contribution in [2.24, 2.45) is 0 Å². The fourth-order valence-corrected chi connectivity index (χ4v) is 4.09. The summed E-state index contributed by atoms with van der Waals surface area (Å²) in [5.74, 6) is 0. The van der Waals surface area contributed by atoms with Crippen molar-refractivity contribution >= 4 is 0 Å². The Bertz CT molecular complexity index is 1160. The summed E-state index contributed by atoms with van der Waals surface area (Å²) in [4.78, 5) is 13.2. The number of nitrogens with zero attached hydrogens (tertiary/aromatic N) is 2. The van der Waals surface area contributed by atoms with Gasteiger partial charge in [-0.2, -0.15) is 18.4 Å². The Hall–Kier alpha value is -3.33. The molecule has 3 aromatic rings. The second-order valence-corrected chi connectivity index (χ2v) is 7.08. The second kappa shape index (κ2) is 7.25. The molecule has 0 aliphatic heterocycles. The van der Waals surface area contributed by atoms with Gasteiger partial charge in [-0.3, -0.25) is 9.36 Å². The number of aryl methyl sites for hydroxylation is 1. The van der Waals surface area contributed by atoms with Crippen LogP contribution in [0.4, 0.5) is 13.2 Å². The van der Waals surface area contributed by atoms with Crippen LogP contribution in [0.2, 0.25) is 0 Å². The van der Waals surface area contributed by atoms with Gasteiger partial charge in [0.05, 0.1) is 17.3 Å². The fourth-order valence-electron chi connectivity index (χ4n) is 4.09. The smallest absolute Gasteiger partial charge is 0.300 e. The van der Waals surface area contributed by atoms with Gasteiger partial charge in [0, 0.05) is 0 Å². The minimum absolute atomic E-state index is 0.170. The van der Waals surface area contributed by atoms with Gasteiger partial charge in [-0.15, -0.1) is 0 Å². The first-order valence-corrected chi connectivity index (χ1v) is 9.32. The van der Waals surface area contributed by atoms with Crippen molar-refractivity contribution in [2.45, 2.75) is 31.5 Å². The summed E-state index contributed by atoms with van der Waals surface area (Å²) in [7, 11) is 0. The van der Waals surface area contributed by atoms with Gasteiger partial charge in [0.2, 0.25) is 0 Å². The van der Waals surface area contributed by atoms with Gasteiger partial charge in [0.15, 0.2) is 0 Å². The molecule has 1 aliphatic rings. The van der Waals surface area contributed by atoms with E-state index >= 15 is 0 Å². The van der Waals surface area contributed by atoms with E-state index in [0.29, 0.717) is 12.0 Å². The Balaban J connectivity index is 2.07. The standard InChI is InChI=1S/C23H17F3N2O/c24-23(25,26)19-13-21(16-8-2-1-3-9-16)28(22(29)18(19)14-27)20-12-6-10-15-7-4-5-11-17(15)20/h1-5,7-9,11,13,20H,6,10,12H2. The van der Waals surface area contributed by atoms with Gasteiger partial charge in [0.25, 0.3) is 5.56 Å². The molecule has 0 spiro atoms. The van der Waals surface area contributed by atoms with Crippen LogP contribution in [-0.2, 0) is 12.6 Å². The minimum Gasteiger partial charge on any atom is -0.300 e. The number of alkyl halides is 3. The Morgan fingerprint density at radius 1 is 1.03 bits per heavy atom. The van der Waals surface area contributed by atoms with Crippen molar-refractivity contribution in [3.8, 4) is 17.3 Å². The molecule has 29 heavy (non-hydrogen) atoms. The number of pyridine rings is 1. The number of rotatable bonds is 2. The van der Waals surface area contributed by atoms with Crippen molar-refractivity contribution in [3.63, 3.8) is 0 Å². The van der Waals surface area contributed by atoms with Crippen molar-refractivity contribution in [1.29, 1.82) is 5.26 Å². The van der Waals surface area contributed by atoms with Crippen LogP contribution >= 0.6 is 0 Å². The molecular weight excluding hydrogens is 377 g/mol. The summed E-state index contributed by atoms with van der Waals surface area (Å²) in [6.07, 6.45) is -2.51. The maximum atomic E-state index is 13.6. The highest BCUT2D eigenvalue weighted by Gasteiger charge is 2.37. The highest BCUT2D eigenvalue weighted by atomic mass is 19.4. The molecule has 6 heteroatoms. The van der Waals surface area contributed by atoms with Gasteiger partial charge in [-0.25, -0.2) is 0 Å². The summed E-state index contributed by atoms with van der Waals surface area (Å²) in [5.41, 5.74) is -0.284. The summed E-state index contributed by atoms with van der Waals surface area (Å²) < 4.78 is 42.3. The number of fused-ring (bicyclic) bond motifs is 1. The lowest BCUT2D eigenvalue weighted by molar-refractivity contribution is -0.137. The Morgan fingerprint density at radius 3 is 2.41 bits per heavy atom. The molecule has 0 bridgehead atoms. The molecule has 1 heterocycles. The lowest BCUT2D eigenvalue weighted by Crippen LogP contribution is -2.33. The van der Waals surface area contributed by atoms with E-state index in [1.807, 2.05) is 24.3 Å². The van der Waals surface area contributed by atoms with Crippen LogP contribution in [-0.4, -0.2) is 4.57 Å². The molecule has 146 valence electrons. The molecular formula is C23H17F3N2O. The van der Waals surface area contributed by atoms with E-state index in [0.717, 1.165) is 30.0 Å². The third kappa shape index (κ3) is 3.33. The van der Waals surface area contributed by atoms with Gasteiger partial charge in [0.1, 0.15) is 11.6 Å². The fraction of sp³-hybridized carbons (Fsp3) is 0.217. The molecule has 4 rings (SSSR count). The molecule has 0 fully saturated rings. The third-order valence-electron chi connectivity index (χ3n) is 5.38. The van der Waals surface area contributed by atoms with Crippen molar-refractivity contribution < 1.29 is 13.2 Å². The zero-order valence-corrected chi connectivity index (χ0v) is 15.4. The molecule has 1 atom stereocenters. The SMILES string of the molecule is N#Cc1c(C(F)(F)F)cc(-c2ccccc2)n(C2CCCc3ccccc32)c1=O. The van der Waals surface area contributed by atoms with Crippen LogP contribution in [0, 0.1) is 11.3 Å². The average Bonchev–Trinajstić information content (AvgIpc) is 2.72. The monoisotopic (exact) mass is 394 g/mol. The lowest BCUT2D eigenvalue weighted by atomic mass is 9.86. The molecule has 1 aliphatic carbocycles. The van der Waals surface area contributed by atoms with Crippen molar-refractivity contribution in [3.05, 3.63) is 93.3 Å². The van der Waals surface area contributed by atoms with Gasteiger partial charge < -0.3 is 0 Å². The number of hydrogen-bond acceptors (Lipinski definition) is 2. The molecule has 0 radical (unpaired) electrons. The van der Waals surface area contributed by atoms with E-state index in [-0.39, 0.29) is 5.69 Å². The number of aromatic nitrogens is 1. The summed E-state index contributed by atoms with van der Waals surface area (Å²) in [6, 6.07) is 18.2. The summed E-state index contributed by atoms with van der Waals surface area (Å²) in [5, 5.41) is 9.38. The van der Waals surface area contributed by atoms with E-state index in [4.69, 9.17) is 0 Å². The normalized spacial score (nSPS) is 16.1. The van der Waals surface area contributed by atoms with Crippen LogP contribution in [0.15, 0.2) is 65.5 Å². The van der Waals surface area contributed by atoms with Gasteiger partial charge in [-0.1, -0.05) is 54.6 Å². The number of benzene rings is 2. The number of hydrogen-bond donors (Lipinski definition) is 0. The molecule has 1 unspecified atom stereocenters. The highest BCUT2D eigenvalue weighted by molar-refractivity contribution is 5.63. The summed E-state index contributed by atoms with van der Waals surface area (Å²) >= 11 is 0. The number of halogens is 3. The molecule has 0 amide bonds. The van der Waals surface area contributed by atoms with Crippen LogP contribution in [0.3, 0.4) is 0 Å². The quantitative estimate of drug-likeness (QED) is 0.590. The average molecular weight is 394 g/mol. The molecule has 0 saturated heterocycles. The van der Waals surface area contributed by atoms with E-state index in [2.05, 4.69) is 0 Å². The van der Waals surface area contributed by atoms with E-state index in [1.54, 1.807) is 30.3 Å². The van der Waals surface area contributed by atoms with E-state index < -0.39 is 28.9 Å². The van der Waals surface area contributed by atoms with Crippen LogP contribution in [0.25, 0.3) is 11.3 Å². The highest BCUT2D eigenvalue weighted by Crippen LogP contribution is 2.38. The number of nitriles is 1. The Morgan fingerprint density at radius 2 is 1.72 bits per heavy atom. The zero-order chi connectivity index (χ0) is 20.6. The maximum Gasteiger partial charge on any atom is 0.417 e. The largest absolute Gasteiger partial charge is 0.417 e. The first-order valence-electron chi connectivity index (χ1n) is 9.32. The summed E-state index contributed by atoms with van der Waals surface area (Å²) in [6.45, 7) is 0. The van der Waals surface area contributed by atoms with Gasteiger partial charge in [-0.05, 0) is 42.0 Å². The lowest BCUT2D eigenvalue weighted by Gasteiger charge is -2.30. The van der Waals surface area contributed by atoms with Crippen LogP contribution in [0.5, 0.6) is 0 Å². The topological polar surface area (TPSA) is 45.8 Å². The molecule has 1 aromatic heterocycles. The minimum atomic E-state index is -4.79.